The number of hydrogen-bond donors (Lipinski definition) is 2. The van der Waals surface area contributed by atoms with Crippen LogP contribution < -0.4 is 10.6 Å². The van der Waals surface area contributed by atoms with Gasteiger partial charge >= 0.3 is 0 Å². The first-order valence-electron chi connectivity index (χ1n) is 14.0. The number of nitrogens with zero attached hydrogens (tertiary/aromatic N) is 3. The standard InChI is InChI=1S/C20H23N5O2S.C10H22O2S/c1-13-6-5-7-15(22-13)16-12-28-19(23-16)24-17(26)10-21-18(27)14-8-9-25(11-14)20(2,3)4;1-5-9(3)7-8-10(6-2)13(4,11)12/h5-9,11-12H,10H2,1-4H3,(H,21,27)(H,23,24,26);9-10H,5-8H2,1-4H3. The average Bonchev–Trinajstić information content (AvgIpc) is 3.57. The van der Waals surface area contributed by atoms with Crippen molar-refractivity contribution in [1.82, 2.24) is 19.9 Å². The van der Waals surface area contributed by atoms with E-state index in [4.69, 9.17) is 0 Å². The zero-order valence-corrected chi connectivity index (χ0v) is 27.2. The summed E-state index contributed by atoms with van der Waals surface area (Å²) < 4.78 is 24.5. The fourth-order valence-corrected chi connectivity index (χ4v) is 5.79. The lowest BCUT2D eigenvalue weighted by atomic mass is 10.0. The minimum absolute atomic E-state index is 0.107. The summed E-state index contributed by atoms with van der Waals surface area (Å²) in [6, 6.07) is 7.44. The number of aryl methyl sites for hydroxylation is 1. The van der Waals surface area contributed by atoms with E-state index in [1.807, 2.05) is 48.2 Å². The van der Waals surface area contributed by atoms with Gasteiger partial charge in [-0.1, -0.05) is 33.3 Å². The van der Waals surface area contributed by atoms with E-state index in [0.29, 0.717) is 22.3 Å². The molecule has 41 heavy (non-hydrogen) atoms. The van der Waals surface area contributed by atoms with E-state index in [2.05, 4.69) is 55.2 Å². The van der Waals surface area contributed by atoms with Gasteiger partial charge in [0, 0.05) is 35.3 Å². The molecule has 2 unspecified atom stereocenters. The number of aromatic nitrogens is 3. The van der Waals surface area contributed by atoms with Gasteiger partial charge in [-0.3, -0.25) is 14.6 Å². The summed E-state index contributed by atoms with van der Waals surface area (Å²) in [5.41, 5.74) is 2.78. The molecule has 3 aromatic rings. The smallest absolute Gasteiger partial charge is 0.253 e. The lowest BCUT2D eigenvalue weighted by molar-refractivity contribution is -0.115. The summed E-state index contributed by atoms with van der Waals surface area (Å²) in [6.45, 7) is 14.2. The maximum absolute atomic E-state index is 12.2. The van der Waals surface area contributed by atoms with Crippen molar-refractivity contribution in [3.63, 3.8) is 0 Å². The van der Waals surface area contributed by atoms with Crippen molar-refractivity contribution in [3.8, 4) is 11.4 Å². The SMILES string of the molecule is CCC(C)CCC(CC)S(C)(=O)=O.Cc1cccc(-c2csc(NC(=O)CNC(=O)c3ccn(C(C)(C)C)c3)n2)n1. The molecule has 11 heteroatoms. The Morgan fingerprint density at radius 2 is 1.76 bits per heavy atom. The van der Waals surface area contributed by atoms with Crippen molar-refractivity contribution in [1.29, 1.82) is 0 Å². The summed E-state index contributed by atoms with van der Waals surface area (Å²) in [6.07, 6.45) is 8.71. The quantitative estimate of drug-likeness (QED) is 0.274. The van der Waals surface area contributed by atoms with Gasteiger partial charge in [-0.2, -0.15) is 0 Å². The highest BCUT2D eigenvalue weighted by molar-refractivity contribution is 7.91. The van der Waals surface area contributed by atoms with E-state index in [-0.39, 0.29) is 29.1 Å². The number of hydrogen-bond acceptors (Lipinski definition) is 7. The molecule has 0 aliphatic heterocycles. The Morgan fingerprint density at radius 1 is 1.05 bits per heavy atom. The fraction of sp³-hybridized carbons (Fsp3) is 0.533. The largest absolute Gasteiger partial charge is 0.348 e. The second kappa shape index (κ2) is 15.3. The van der Waals surface area contributed by atoms with E-state index in [1.165, 1.54) is 17.6 Å². The Balaban J connectivity index is 0.000000383. The van der Waals surface area contributed by atoms with Crippen LogP contribution in [-0.2, 0) is 20.2 Å². The molecule has 0 bridgehead atoms. The molecule has 226 valence electrons. The number of thiazole rings is 1. The number of carbonyl (C=O) groups is 2. The highest BCUT2D eigenvalue weighted by Gasteiger charge is 2.19. The maximum atomic E-state index is 12.2. The van der Waals surface area contributed by atoms with Crippen molar-refractivity contribution < 1.29 is 18.0 Å². The molecule has 0 aliphatic rings. The first kappa shape index (κ1) is 34.2. The first-order valence-corrected chi connectivity index (χ1v) is 16.8. The van der Waals surface area contributed by atoms with Crippen LogP contribution in [0.5, 0.6) is 0 Å². The van der Waals surface area contributed by atoms with Crippen LogP contribution >= 0.6 is 11.3 Å². The van der Waals surface area contributed by atoms with Crippen LogP contribution in [0.25, 0.3) is 11.4 Å². The van der Waals surface area contributed by atoms with Crippen LogP contribution in [0.3, 0.4) is 0 Å². The molecule has 0 radical (unpaired) electrons. The molecule has 3 heterocycles. The molecule has 3 aromatic heterocycles. The number of anilines is 1. The minimum atomic E-state index is -2.82. The molecular formula is C30H45N5O4S2. The second-order valence-electron chi connectivity index (χ2n) is 11.4. The third-order valence-electron chi connectivity index (χ3n) is 6.78. The lowest BCUT2D eigenvalue weighted by Gasteiger charge is -2.20. The highest BCUT2D eigenvalue weighted by atomic mass is 32.2. The summed E-state index contributed by atoms with van der Waals surface area (Å²) in [7, 11) is -2.82. The van der Waals surface area contributed by atoms with Gasteiger partial charge in [-0.05, 0) is 71.1 Å². The van der Waals surface area contributed by atoms with Crippen molar-refractivity contribution in [2.45, 2.75) is 84.9 Å². The number of rotatable bonds is 11. The van der Waals surface area contributed by atoms with Crippen LogP contribution in [0, 0.1) is 12.8 Å². The predicted octanol–water partition coefficient (Wildman–Crippen LogP) is 6.07. The minimum Gasteiger partial charge on any atom is -0.348 e. The van der Waals surface area contributed by atoms with E-state index in [0.717, 1.165) is 37.1 Å². The number of sulfone groups is 1. The molecule has 2 atom stereocenters. The van der Waals surface area contributed by atoms with Crippen molar-refractivity contribution >= 4 is 38.1 Å². The van der Waals surface area contributed by atoms with Gasteiger partial charge in [0.05, 0.1) is 23.1 Å². The Labute approximate surface area is 249 Å². The summed E-state index contributed by atoms with van der Waals surface area (Å²) in [4.78, 5) is 33.2. The Hall–Kier alpha value is -3.05. The highest BCUT2D eigenvalue weighted by Crippen LogP contribution is 2.23. The molecule has 2 amide bonds. The van der Waals surface area contributed by atoms with Gasteiger partial charge in [0.15, 0.2) is 5.13 Å². The van der Waals surface area contributed by atoms with Crippen molar-refractivity contribution in [2.75, 3.05) is 18.1 Å². The summed E-state index contributed by atoms with van der Waals surface area (Å²) >= 11 is 1.32. The molecule has 0 spiro atoms. The summed E-state index contributed by atoms with van der Waals surface area (Å²) in [5, 5.41) is 7.52. The van der Waals surface area contributed by atoms with Crippen LogP contribution in [0.2, 0.25) is 0 Å². The van der Waals surface area contributed by atoms with Crippen molar-refractivity contribution in [3.05, 3.63) is 53.3 Å². The third-order valence-corrected chi connectivity index (χ3v) is 9.32. The third kappa shape index (κ3) is 11.4. The van der Waals surface area contributed by atoms with Crippen LogP contribution in [0.4, 0.5) is 5.13 Å². The average molecular weight is 604 g/mol. The zero-order chi connectivity index (χ0) is 30.8. The number of amides is 2. The molecule has 0 aliphatic carbocycles. The van der Waals surface area contributed by atoms with Crippen LogP contribution in [-0.4, -0.2) is 52.8 Å². The molecule has 9 nitrogen and oxygen atoms in total. The Morgan fingerprint density at radius 3 is 2.32 bits per heavy atom. The summed E-state index contributed by atoms with van der Waals surface area (Å²) in [5.74, 6) is 0.0273. The van der Waals surface area contributed by atoms with E-state index < -0.39 is 9.84 Å². The van der Waals surface area contributed by atoms with Gasteiger partial charge in [0.2, 0.25) is 5.91 Å². The molecule has 3 rings (SSSR count). The van der Waals surface area contributed by atoms with E-state index >= 15 is 0 Å². The molecule has 0 fully saturated rings. The Bertz CT molecular complexity index is 1390. The number of nitrogens with one attached hydrogen (secondary N) is 2. The zero-order valence-electron chi connectivity index (χ0n) is 25.5. The van der Waals surface area contributed by atoms with Gasteiger partial charge < -0.3 is 15.2 Å². The molecule has 0 aromatic carbocycles. The van der Waals surface area contributed by atoms with Crippen LogP contribution in [0.15, 0.2) is 42.0 Å². The molecule has 2 N–H and O–H groups in total. The predicted molar refractivity (Wildman–Crippen MR) is 168 cm³/mol. The van der Waals surface area contributed by atoms with E-state index in [9.17, 15) is 18.0 Å². The normalized spacial score (nSPS) is 13.1. The monoisotopic (exact) mass is 603 g/mol. The second-order valence-corrected chi connectivity index (χ2v) is 14.5. The topological polar surface area (TPSA) is 123 Å². The molecule has 0 saturated carbocycles. The van der Waals surface area contributed by atoms with Gasteiger partial charge in [0.25, 0.3) is 5.91 Å². The van der Waals surface area contributed by atoms with Crippen LogP contribution in [0.1, 0.15) is 83.3 Å². The maximum Gasteiger partial charge on any atom is 0.253 e. The van der Waals surface area contributed by atoms with Crippen molar-refractivity contribution in [2.24, 2.45) is 5.92 Å². The number of pyridine rings is 1. The molecular weight excluding hydrogens is 558 g/mol. The van der Waals surface area contributed by atoms with E-state index in [1.54, 1.807) is 12.3 Å². The lowest BCUT2D eigenvalue weighted by Crippen LogP contribution is -2.32. The Kier molecular flexibility index (Phi) is 12.7. The molecule has 0 saturated heterocycles. The first-order chi connectivity index (χ1) is 19.1. The van der Waals surface area contributed by atoms with Gasteiger partial charge in [0.1, 0.15) is 15.5 Å². The van der Waals surface area contributed by atoms with Gasteiger partial charge in [-0.15, -0.1) is 11.3 Å². The van der Waals surface area contributed by atoms with Gasteiger partial charge in [-0.25, -0.2) is 13.4 Å². The number of carbonyl (C=O) groups excluding carboxylic acids is 2. The fourth-order valence-electron chi connectivity index (χ4n) is 3.90.